The average molecular weight is 341 g/mol. The van der Waals surface area contributed by atoms with Crippen molar-refractivity contribution in [2.75, 3.05) is 50.8 Å². The molecular weight excluding hydrogens is 318 g/mol. The highest BCUT2D eigenvalue weighted by atomic mass is 16.5. The van der Waals surface area contributed by atoms with Gasteiger partial charge in [-0.05, 0) is 12.1 Å². The molecule has 2 aromatic rings. The number of piperazine rings is 1. The van der Waals surface area contributed by atoms with Crippen LogP contribution in [0.4, 0.5) is 5.82 Å². The normalized spacial score (nSPS) is 21.5. The first-order valence-electron chi connectivity index (χ1n) is 8.85. The average Bonchev–Trinajstić information content (AvgIpc) is 2.68. The number of rotatable bonds is 3. The molecule has 1 N–H and O–H groups in total. The Hall–Kier alpha value is -2.25. The fraction of sp³-hybridized carbons (Fsp3) is 0.500. The minimum atomic E-state index is 0.144. The fourth-order valence-corrected chi connectivity index (χ4v) is 3.50. The van der Waals surface area contributed by atoms with Gasteiger partial charge >= 0.3 is 0 Å². The van der Waals surface area contributed by atoms with Gasteiger partial charge in [0.15, 0.2) is 0 Å². The van der Waals surface area contributed by atoms with Crippen molar-refractivity contribution < 1.29 is 9.53 Å². The summed E-state index contributed by atoms with van der Waals surface area (Å²) in [6.45, 7) is 5.22. The van der Waals surface area contributed by atoms with Crippen LogP contribution in [0.1, 0.15) is 6.42 Å². The lowest BCUT2D eigenvalue weighted by atomic mass is 10.1. The zero-order valence-corrected chi connectivity index (χ0v) is 14.2. The molecule has 4 rings (SSSR count). The number of benzene rings is 1. The molecule has 0 saturated carbocycles. The van der Waals surface area contributed by atoms with Crippen molar-refractivity contribution in [1.82, 2.24) is 20.2 Å². The van der Waals surface area contributed by atoms with E-state index in [9.17, 15) is 4.79 Å². The predicted octanol–water partition coefficient (Wildman–Crippen LogP) is 0.657. The summed E-state index contributed by atoms with van der Waals surface area (Å²) in [7, 11) is 0. The zero-order valence-electron chi connectivity index (χ0n) is 14.2. The van der Waals surface area contributed by atoms with Gasteiger partial charge in [-0.3, -0.25) is 4.79 Å². The number of hydrogen-bond donors (Lipinski definition) is 1. The molecule has 3 heterocycles. The third-order valence-corrected chi connectivity index (χ3v) is 4.87. The smallest absolute Gasteiger partial charge is 0.224 e. The van der Waals surface area contributed by atoms with Gasteiger partial charge < -0.3 is 19.9 Å². The molecule has 0 aliphatic carbocycles. The zero-order chi connectivity index (χ0) is 17.1. The van der Waals surface area contributed by atoms with Crippen LogP contribution in [0.3, 0.4) is 0 Å². The van der Waals surface area contributed by atoms with Crippen LogP contribution in [0.5, 0.6) is 0 Å². The molecule has 2 aliphatic rings. The van der Waals surface area contributed by atoms with Gasteiger partial charge in [-0.1, -0.05) is 12.1 Å². The first kappa shape index (κ1) is 16.2. The molecule has 2 fully saturated rings. The molecule has 0 bridgehead atoms. The maximum absolute atomic E-state index is 12.5. The molecule has 132 valence electrons. The number of hydrogen-bond acceptors (Lipinski definition) is 6. The lowest BCUT2D eigenvalue weighted by molar-refractivity contribution is -0.132. The molecule has 0 spiro atoms. The second-order valence-corrected chi connectivity index (χ2v) is 6.51. The van der Waals surface area contributed by atoms with E-state index < -0.39 is 0 Å². The van der Waals surface area contributed by atoms with Crippen molar-refractivity contribution in [1.29, 1.82) is 0 Å². The summed E-state index contributed by atoms with van der Waals surface area (Å²) >= 11 is 0. The van der Waals surface area contributed by atoms with E-state index in [1.165, 1.54) is 0 Å². The molecule has 7 nitrogen and oxygen atoms in total. The number of nitrogens with one attached hydrogen (secondary N) is 1. The molecule has 1 aromatic heterocycles. The van der Waals surface area contributed by atoms with Gasteiger partial charge in [-0.15, -0.1) is 0 Å². The minimum Gasteiger partial charge on any atom is -0.378 e. The third-order valence-electron chi connectivity index (χ3n) is 4.87. The Bertz CT molecular complexity index is 734. The number of carbonyl (C=O) groups excluding carboxylic acids is 1. The number of morpholine rings is 1. The third kappa shape index (κ3) is 3.57. The van der Waals surface area contributed by atoms with Gasteiger partial charge in [-0.2, -0.15) is 0 Å². The fourth-order valence-electron chi connectivity index (χ4n) is 3.50. The van der Waals surface area contributed by atoms with Crippen molar-refractivity contribution in [2.24, 2.45) is 0 Å². The van der Waals surface area contributed by atoms with Crippen molar-refractivity contribution in [3.8, 4) is 0 Å². The molecule has 1 unspecified atom stereocenters. The van der Waals surface area contributed by atoms with Crippen molar-refractivity contribution >= 4 is 22.6 Å². The maximum Gasteiger partial charge on any atom is 0.224 e. The summed E-state index contributed by atoms with van der Waals surface area (Å²) in [5.41, 5.74) is 0.953. The van der Waals surface area contributed by atoms with Gasteiger partial charge in [0.05, 0.1) is 18.7 Å². The van der Waals surface area contributed by atoms with Crippen LogP contribution in [0, 0.1) is 0 Å². The second-order valence-electron chi connectivity index (χ2n) is 6.51. The summed E-state index contributed by atoms with van der Waals surface area (Å²) in [5, 5.41) is 4.41. The molecule has 1 amide bonds. The van der Waals surface area contributed by atoms with E-state index in [1.807, 2.05) is 23.1 Å². The van der Waals surface area contributed by atoms with E-state index >= 15 is 0 Å². The summed E-state index contributed by atoms with van der Waals surface area (Å²) in [4.78, 5) is 25.5. The topological polar surface area (TPSA) is 70.6 Å². The molecule has 7 heteroatoms. The minimum absolute atomic E-state index is 0.144. The molecule has 25 heavy (non-hydrogen) atoms. The molecule has 0 radical (unpaired) electrons. The number of anilines is 1. The Balaban J connectivity index is 1.38. The SMILES string of the molecule is O=C(CC1COCCN1)N1CCN(c2ncnc3ccccc23)CC1. The van der Waals surface area contributed by atoms with Crippen LogP contribution in [-0.2, 0) is 9.53 Å². The van der Waals surface area contributed by atoms with E-state index in [0.717, 1.165) is 56.1 Å². The Labute approximate surface area is 147 Å². The Morgan fingerprint density at radius 1 is 1.20 bits per heavy atom. The number of fused-ring (bicyclic) bond motifs is 1. The summed E-state index contributed by atoms with van der Waals surface area (Å²) < 4.78 is 5.43. The van der Waals surface area contributed by atoms with Gasteiger partial charge in [0, 0.05) is 50.6 Å². The summed E-state index contributed by atoms with van der Waals surface area (Å²) in [6, 6.07) is 8.19. The van der Waals surface area contributed by atoms with Crippen LogP contribution < -0.4 is 10.2 Å². The van der Waals surface area contributed by atoms with Crippen molar-refractivity contribution in [2.45, 2.75) is 12.5 Å². The van der Waals surface area contributed by atoms with E-state index in [-0.39, 0.29) is 11.9 Å². The summed E-state index contributed by atoms with van der Waals surface area (Å²) in [6.07, 6.45) is 2.13. The van der Waals surface area contributed by atoms with Gasteiger partial charge in [0.25, 0.3) is 0 Å². The van der Waals surface area contributed by atoms with Gasteiger partial charge in [-0.25, -0.2) is 9.97 Å². The predicted molar refractivity (Wildman–Crippen MR) is 95.6 cm³/mol. The molecular formula is C18H23N5O2. The number of aromatic nitrogens is 2. The van der Waals surface area contributed by atoms with Crippen LogP contribution >= 0.6 is 0 Å². The Morgan fingerprint density at radius 3 is 2.84 bits per heavy atom. The first-order valence-corrected chi connectivity index (χ1v) is 8.85. The van der Waals surface area contributed by atoms with E-state index in [2.05, 4.69) is 26.3 Å². The second kappa shape index (κ2) is 7.33. The summed E-state index contributed by atoms with van der Waals surface area (Å²) in [5.74, 6) is 1.16. The van der Waals surface area contributed by atoms with E-state index in [1.54, 1.807) is 6.33 Å². The molecule has 1 aromatic carbocycles. The molecule has 2 saturated heterocycles. The van der Waals surface area contributed by atoms with Gasteiger partial charge in [0.1, 0.15) is 12.1 Å². The highest BCUT2D eigenvalue weighted by molar-refractivity contribution is 5.89. The lowest BCUT2D eigenvalue weighted by Gasteiger charge is -2.36. The van der Waals surface area contributed by atoms with E-state index in [0.29, 0.717) is 13.0 Å². The standard InChI is InChI=1S/C18H23N5O2/c24-17(11-14-12-25-10-5-19-14)22-6-8-23(9-7-22)18-15-3-1-2-4-16(15)20-13-21-18/h1-4,13-14,19H,5-12H2. The Kier molecular flexibility index (Phi) is 4.76. The highest BCUT2D eigenvalue weighted by Crippen LogP contribution is 2.23. The van der Waals surface area contributed by atoms with Crippen LogP contribution in [0.15, 0.2) is 30.6 Å². The number of ether oxygens (including phenoxy) is 1. The van der Waals surface area contributed by atoms with Crippen molar-refractivity contribution in [3.05, 3.63) is 30.6 Å². The quantitative estimate of drug-likeness (QED) is 0.884. The molecule has 1 atom stereocenters. The van der Waals surface area contributed by atoms with Crippen LogP contribution in [0.25, 0.3) is 10.9 Å². The Morgan fingerprint density at radius 2 is 2.04 bits per heavy atom. The molecule has 2 aliphatic heterocycles. The van der Waals surface area contributed by atoms with E-state index in [4.69, 9.17) is 4.74 Å². The number of nitrogens with zero attached hydrogens (tertiary/aromatic N) is 4. The number of amides is 1. The monoisotopic (exact) mass is 341 g/mol. The number of carbonyl (C=O) groups is 1. The van der Waals surface area contributed by atoms with Crippen LogP contribution in [-0.4, -0.2) is 72.8 Å². The highest BCUT2D eigenvalue weighted by Gasteiger charge is 2.25. The largest absolute Gasteiger partial charge is 0.378 e. The number of para-hydroxylation sites is 1. The maximum atomic E-state index is 12.5. The van der Waals surface area contributed by atoms with Gasteiger partial charge in [0.2, 0.25) is 5.91 Å². The van der Waals surface area contributed by atoms with Crippen LogP contribution in [0.2, 0.25) is 0 Å². The lowest BCUT2D eigenvalue weighted by Crippen LogP contribution is -2.51. The van der Waals surface area contributed by atoms with Crippen molar-refractivity contribution in [3.63, 3.8) is 0 Å². The first-order chi connectivity index (χ1) is 12.3.